The molecule has 0 unspecified atom stereocenters. The highest BCUT2D eigenvalue weighted by Gasteiger charge is 2.10. The number of hydrogen-bond donors (Lipinski definition) is 0. The zero-order chi connectivity index (χ0) is 15.7. The Balaban J connectivity index is 2.00. The quantitative estimate of drug-likeness (QED) is 0.603. The van der Waals surface area contributed by atoms with Gasteiger partial charge in [-0.15, -0.1) is 22.7 Å². The highest BCUT2D eigenvalue weighted by Crippen LogP contribution is 2.38. The van der Waals surface area contributed by atoms with E-state index in [9.17, 15) is 9.59 Å². The molecule has 3 aromatic rings. The molecule has 110 valence electrons. The number of rotatable bonds is 4. The van der Waals surface area contributed by atoms with E-state index in [1.54, 1.807) is 11.3 Å². The van der Waals surface area contributed by atoms with Crippen molar-refractivity contribution in [2.45, 2.75) is 13.8 Å². The Morgan fingerprint density at radius 1 is 0.773 bits per heavy atom. The average molecular weight is 326 g/mol. The third-order valence-electron chi connectivity index (χ3n) is 3.59. The lowest BCUT2D eigenvalue weighted by Gasteiger charge is -2.06. The summed E-state index contributed by atoms with van der Waals surface area (Å²) in [6.07, 6.45) is 1.80. The second-order valence-electron chi connectivity index (χ2n) is 5.13. The molecule has 0 aliphatic carbocycles. The molecule has 0 amide bonds. The van der Waals surface area contributed by atoms with E-state index >= 15 is 0 Å². The maximum Gasteiger partial charge on any atom is 0.160 e. The van der Waals surface area contributed by atoms with Crippen LogP contribution in [0.5, 0.6) is 0 Å². The van der Waals surface area contributed by atoms with Crippen molar-refractivity contribution < 1.29 is 9.59 Å². The number of thiophene rings is 2. The molecule has 0 saturated heterocycles. The Morgan fingerprint density at radius 3 is 1.95 bits per heavy atom. The van der Waals surface area contributed by atoms with Crippen molar-refractivity contribution in [3.05, 3.63) is 58.0 Å². The van der Waals surface area contributed by atoms with Gasteiger partial charge in [0.15, 0.2) is 12.6 Å². The molecule has 2 heterocycles. The molecule has 3 rings (SSSR count). The van der Waals surface area contributed by atoms with Gasteiger partial charge in [-0.25, -0.2) is 0 Å². The minimum atomic E-state index is 0.743. The van der Waals surface area contributed by atoms with Crippen molar-refractivity contribution in [2.75, 3.05) is 0 Å². The Hall–Kier alpha value is -2.04. The van der Waals surface area contributed by atoms with Crippen LogP contribution >= 0.6 is 22.7 Å². The lowest BCUT2D eigenvalue weighted by molar-refractivity contribution is 0.111. The molecular formula is C18H14O2S2. The van der Waals surface area contributed by atoms with Gasteiger partial charge in [0.1, 0.15) is 0 Å². The predicted octanol–water partition coefficient (Wildman–Crippen LogP) is 5.39. The van der Waals surface area contributed by atoms with Gasteiger partial charge in [0.25, 0.3) is 0 Å². The highest BCUT2D eigenvalue weighted by molar-refractivity contribution is 7.24. The number of aryl methyl sites for hydroxylation is 2. The molecule has 0 aliphatic rings. The summed E-state index contributed by atoms with van der Waals surface area (Å²) in [5, 5.41) is 0. The van der Waals surface area contributed by atoms with Gasteiger partial charge in [0.2, 0.25) is 0 Å². The molecular weight excluding hydrogens is 312 g/mol. The molecule has 0 atom stereocenters. The van der Waals surface area contributed by atoms with E-state index in [1.807, 2.05) is 26.0 Å². The van der Waals surface area contributed by atoms with Crippen LogP contribution in [0.15, 0.2) is 36.4 Å². The zero-order valence-corrected chi connectivity index (χ0v) is 13.9. The minimum Gasteiger partial charge on any atom is -0.298 e. The summed E-state index contributed by atoms with van der Waals surface area (Å²) >= 11 is 3.20. The van der Waals surface area contributed by atoms with E-state index in [2.05, 4.69) is 24.3 Å². The molecule has 4 heteroatoms. The summed E-state index contributed by atoms with van der Waals surface area (Å²) in [7, 11) is 0. The second kappa shape index (κ2) is 5.99. The van der Waals surface area contributed by atoms with Crippen LogP contribution in [0, 0.1) is 13.8 Å². The number of aldehydes is 2. The molecule has 1 aromatic carbocycles. The van der Waals surface area contributed by atoms with Crippen LogP contribution < -0.4 is 0 Å². The van der Waals surface area contributed by atoms with Crippen molar-refractivity contribution in [3.8, 4) is 20.2 Å². The largest absolute Gasteiger partial charge is 0.298 e. The van der Waals surface area contributed by atoms with Crippen molar-refractivity contribution in [1.29, 1.82) is 0 Å². The van der Waals surface area contributed by atoms with Gasteiger partial charge in [-0.1, -0.05) is 0 Å². The standard InChI is InChI=1S/C18H14O2S2/c1-11-7-13(8-12(2)15(11)10-20)16-5-6-18(22-16)17-4-3-14(9-19)21-17/h3-10H,1-2H3. The first-order valence-corrected chi connectivity index (χ1v) is 8.47. The predicted molar refractivity (Wildman–Crippen MR) is 93.3 cm³/mol. The summed E-state index contributed by atoms with van der Waals surface area (Å²) < 4.78 is 0. The fourth-order valence-electron chi connectivity index (χ4n) is 2.48. The summed E-state index contributed by atoms with van der Waals surface area (Å²) in [6, 6.07) is 12.1. The molecule has 2 aromatic heterocycles. The number of carbonyl (C=O) groups is 2. The molecule has 0 spiro atoms. The number of benzene rings is 1. The Kier molecular flexibility index (Phi) is 4.05. The lowest BCUT2D eigenvalue weighted by Crippen LogP contribution is -1.92. The molecule has 0 saturated carbocycles. The van der Waals surface area contributed by atoms with Crippen LogP contribution in [0.4, 0.5) is 0 Å². The Bertz CT molecular complexity index is 833. The second-order valence-corrected chi connectivity index (χ2v) is 7.32. The zero-order valence-electron chi connectivity index (χ0n) is 12.3. The van der Waals surface area contributed by atoms with Crippen molar-refractivity contribution in [3.63, 3.8) is 0 Å². The van der Waals surface area contributed by atoms with E-state index < -0.39 is 0 Å². The first kappa shape index (κ1) is 14.9. The molecule has 0 bridgehead atoms. The van der Waals surface area contributed by atoms with Crippen LogP contribution in [-0.2, 0) is 0 Å². The molecule has 22 heavy (non-hydrogen) atoms. The first-order chi connectivity index (χ1) is 10.6. The van der Waals surface area contributed by atoms with Gasteiger partial charge in [-0.05, 0) is 66.9 Å². The van der Waals surface area contributed by atoms with E-state index in [0.717, 1.165) is 49.5 Å². The fourth-order valence-corrected chi connectivity index (χ4v) is 4.38. The molecule has 0 aliphatic heterocycles. The fraction of sp³-hybridized carbons (Fsp3) is 0.111. The third-order valence-corrected chi connectivity index (χ3v) is 5.93. The van der Waals surface area contributed by atoms with Gasteiger partial charge >= 0.3 is 0 Å². The highest BCUT2D eigenvalue weighted by atomic mass is 32.1. The summed E-state index contributed by atoms with van der Waals surface area (Å²) in [6.45, 7) is 3.93. The Labute approximate surface area is 137 Å². The average Bonchev–Trinajstić information content (AvgIpc) is 3.15. The maximum atomic E-state index is 11.1. The van der Waals surface area contributed by atoms with Crippen LogP contribution in [-0.4, -0.2) is 12.6 Å². The number of carbonyl (C=O) groups excluding carboxylic acids is 2. The minimum absolute atomic E-state index is 0.743. The topological polar surface area (TPSA) is 34.1 Å². The first-order valence-electron chi connectivity index (χ1n) is 6.84. The van der Waals surface area contributed by atoms with Gasteiger partial charge < -0.3 is 0 Å². The van der Waals surface area contributed by atoms with E-state index in [0.29, 0.717) is 0 Å². The molecule has 0 radical (unpaired) electrons. The van der Waals surface area contributed by atoms with Gasteiger partial charge in [-0.3, -0.25) is 9.59 Å². The van der Waals surface area contributed by atoms with Crippen molar-refractivity contribution in [1.82, 2.24) is 0 Å². The van der Waals surface area contributed by atoms with Crippen LogP contribution in [0.2, 0.25) is 0 Å². The monoisotopic (exact) mass is 326 g/mol. The Morgan fingerprint density at radius 2 is 1.36 bits per heavy atom. The number of hydrogen-bond acceptors (Lipinski definition) is 4. The smallest absolute Gasteiger partial charge is 0.160 e. The van der Waals surface area contributed by atoms with Crippen LogP contribution in [0.3, 0.4) is 0 Å². The summed E-state index contributed by atoms with van der Waals surface area (Å²) in [4.78, 5) is 26.1. The molecule has 0 fully saturated rings. The summed E-state index contributed by atoms with van der Waals surface area (Å²) in [5.74, 6) is 0. The van der Waals surface area contributed by atoms with E-state index in [1.165, 1.54) is 16.2 Å². The van der Waals surface area contributed by atoms with Crippen LogP contribution in [0.1, 0.15) is 31.2 Å². The van der Waals surface area contributed by atoms with Gasteiger partial charge in [-0.2, -0.15) is 0 Å². The normalized spacial score (nSPS) is 10.6. The molecule has 0 N–H and O–H groups in total. The van der Waals surface area contributed by atoms with Crippen molar-refractivity contribution in [2.24, 2.45) is 0 Å². The third kappa shape index (κ3) is 2.67. The maximum absolute atomic E-state index is 11.1. The van der Waals surface area contributed by atoms with Crippen LogP contribution in [0.25, 0.3) is 20.2 Å². The van der Waals surface area contributed by atoms with Gasteiger partial charge in [0, 0.05) is 20.2 Å². The van der Waals surface area contributed by atoms with E-state index in [4.69, 9.17) is 0 Å². The van der Waals surface area contributed by atoms with Crippen molar-refractivity contribution >= 4 is 35.2 Å². The summed E-state index contributed by atoms with van der Waals surface area (Å²) in [5.41, 5.74) is 3.90. The SMILES string of the molecule is Cc1cc(-c2ccc(-c3ccc(C=O)s3)s2)cc(C)c1C=O. The van der Waals surface area contributed by atoms with E-state index in [-0.39, 0.29) is 0 Å². The van der Waals surface area contributed by atoms with Gasteiger partial charge in [0.05, 0.1) is 4.88 Å². The lowest BCUT2D eigenvalue weighted by atomic mass is 9.99. The molecule has 2 nitrogen and oxygen atoms in total.